The highest BCUT2D eigenvalue weighted by atomic mass is 19.1. The minimum atomic E-state index is -0.818. The number of aromatic amines is 1. The van der Waals surface area contributed by atoms with Gasteiger partial charge in [0.15, 0.2) is 11.6 Å². The van der Waals surface area contributed by atoms with Gasteiger partial charge in [-0.1, -0.05) is 42.5 Å². The molecule has 4 rings (SSSR count). The number of nitrogens with one attached hydrogen (secondary N) is 2. The van der Waals surface area contributed by atoms with Crippen molar-refractivity contribution in [1.82, 2.24) is 15.2 Å². The summed E-state index contributed by atoms with van der Waals surface area (Å²) in [5.74, 6) is -1.29. The molecule has 0 radical (unpaired) electrons. The Morgan fingerprint density at radius 3 is 2.32 bits per heavy atom. The van der Waals surface area contributed by atoms with Crippen LogP contribution in [0.5, 0.6) is 0 Å². The van der Waals surface area contributed by atoms with Crippen LogP contribution in [-0.4, -0.2) is 21.1 Å². The fraction of sp³-hybridized carbons (Fsp3) is 0. The summed E-state index contributed by atoms with van der Waals surface area (Å²) in [5, 5.41) is 9.74. The van der Waals surface area contributed by atoms with Crippen molar-refractivity contribution >= 4 is 11.6 Å². The smallest absolute Gasteiger partial charge is 0.255 e. The van der Waals surface area contributed by atoms with Crippen molar-refractivity contribution in [2.45, 2.75) is 0 Å². The largest absolute Gasteiger partial charge is 0.321 e. The number of halogens is 2. The van der Waals surface area contributed by atoms with E-state index in [2.05, 4.69) is 20.5 Å². The second-order valence-electron chi connectivity index (χ2n) is 6.03. The van der Waals surface area contributed by atoms with Crippen molar-refractivity contribution in [2.24, 2.45) is 0 Å². The van der Waals surface area contributed by atoms with Gasteiger partial charge in [0, 0.05) is 22.8 Å². The van der Waals surface area contributed by atoms with Crippen molar-refractivity contribution in [3.8, 4) is 22.8 Å². The number of aromatic nitrogens is 3. The highest BCUT2D eigenvalue weighted by molar-refractivity contribution is 6.06. The first-order valence-electron chi connectivity index (χ1n) is 8.45. The van der Waals surface area contributed by atoms with E-state index in [-0.39, 0.29) is 5.56 Å². The minimum Gasteiger partial charge on any atom is -0.321 e. The lowest BCUT2D eigenvalue weighted by Gasteiger charge is -2.09. The Kier molecular flexibility index (Phi) is 4.63. The maximum Gasteiger partial charge on any atom is 0.255 e. The van der Waals surface area contributed by atoms with E-state index in [1.54, 1.807) is 24.3 Å². The summed E-state index contributed by atoms with van der Waals surface area (Å²) in [5.41, 5.74) is 1.77. The summed E-state index contributed by atoms with van der Waals surface area (Å²) in [4.78, 5) is 16.9. The molecular formula is C21H14F2N4O. The highest BCUT2D eigenvalue weighted by Gasteiger charge is 2.15. The quantitative estimate of drug-likeness (QED) is 0.544. The average molecular weight is 376 g/mol. The normalized spacial score (nSPS) is 10.6. The van der Waals surface area contributed by atoms with Gasteiger partial charge in [-0.25, -0.2) is 13.8 Å². The van der Waals surface area contributed by atoms with E-state index in [4.69, 9.17) is 0 Å². The van der Waals surface area contributed by atoms with Gasteiger partial charge in [0.25, 0.3) is 5.91 Å². The van der Waals surface area contributed by atoms with Crippen LogP contribution < -0.4 is 5.32 Å². The standard InChI is InChI=1S/C21H14F2N4O/c22-15-10-14(11-16(23)12-15)21(28)24-18-9-5-4-8-17(18)20-25-19(26-27-20)13-6-2-1-3-7-13/h1-12H,(H,24,28)(H,25,26,27). The molecule has 2 N–H and O–H groups in total. The molecule has 28 heavy (non-hydrogen) atoms. The predicted molar refractivity (Wildman–Crippen MR) is 102 cm³/mol. The van der Waals surface area contributed by atoms with E-state index in [1.807, 2.05) is 30.3 Å². The molecule has 0 saturated carbocycles. The van der Waals surface area contributed by atoms with Gasteiger partial charge < -0.3 is 5.32 Å². The molecule has 0 atom stereocenters. The molecule has 1 heterocycles. The molecule has 0 saturated heterocycles. The van der Waals surface area contributed by atoms with Crippen LogP contribution in [0.3, 0.4) is 0 Å². The van der Waals surface area contributed by atoms with Crippen molar-refractivity contribution in [2.75, 3.05) is 5.32 Å². The fourth-order valence-electron chi connectivity index (χ4n) is 2.78. The second-order valence-corrected chi connectivity index (χ2v) is 6.03. The molecule has 0 bridgehead atoms. The zero-order valence-electron chi connectivity index (χ0n) is 14.5. The first-order chi connectivity index (χ1) is 13.6. The Morgan fingerprint density at radius 1 is 0.893 bits per heavy atom. The maximum absolute atomic E-state index is 13.4. The highest BCUT2D eigenvalue weighted by Crippen LogP contribution is 2.27. The Balaban J connectivity index is 1.64. The number of hydrogen-bond acceptors (Lipinski definition) is 3. The van der Waals surface area contributed by atoms with Gasteiger partial charge in [-0.15, -0.1) is 0 Å². The summed E-state index contributed by atoms with van der Waals surface area (Å²) >= 11 is 0. The van der Waals surface area contributed by atoms with Crippen LogP contribution in [0.25, 0.3) is 22.8 Å². The molecule has 0 aliphatic heterocycles. The van der Waals surface area contributed by atoms with Gasteiger partial charge >= 0.3 is 0 Å². The number of carbonyl (C=O) groups excluding carboxylic acids is 1. The first-order valence-corrected chi connectivity index (χ1v) is 8.45. The molecule has 1 aromatic heterocycles. The van der Waals surface area contributed by atoms with Crippen LogP contribution >= 0.6 is 0 Å². The number of para-hydroxylation sites is 1. The molecule has 3 aromatic carbocycles. The van der Waals surface area contributed by atoms with Gasteiger partial charge in [0.1, 0.15) is 11.6 Å². The van der Waals surface area contributed by atoms with Gasteiger partial charge in [0.2, 0.25) is 0 Å². The second kappa shape index (κ2) is 7.40. The number of hydrogen-bond donors (Lipinski definition) is 2. The third kappa shape index (κ3) is 3.64. The van der Waals surface area contributed by atoms with Crippen LogP contribution in [0.15, 0.2) is 72.8 Å². The topological polar surface area (TPSA) is 70.7 Å². The van der Waals surface area contributed by atoms with Crippen LogP contribution in [0, 0.1) is 11.6 Å². The van der Waals surface area contributed by atoms with Crippen molar-refractivity contribution in [3.63, 3.8) is 0 Å². The Hall–Kier alpha value is -3.87. The molecule has 1 amide bonds. The summed E-state index contributed by atoms with van der Waals surface area (Å²) < 4.78 is 26.8. The number of amides is 1. The SMILES string of the molecule is O=C(Nc1ccccc1-c1nc(-c2ccccc2)n[nH]1)c1cc(F)cc(F)c1. The third-order valence-electron chi connectivity index (χ3n) is 4.07. The van der Waals surface area contributed by atoms with Gasteiger partial charge in [-0.2, -0.15) is 5.10 Å². The zero-order chi connectivity index (χ0) is 19.5. The zero-order valence-corrected chi connectivity index (χ0v) is 14.5. The summed E-state index contributed by atoms with van der Waals surface area (Å²) in [6.07, 6.45) is 0. The molecule has 0 unspecified atom stereocenters. The summed E-state index contributed by atoms with van der Waals surface area (Å²) in [6.45, 7) is 0. The minimum absolute atomic E-state index is 0.116. The van der Waals surface area contributed by atoms with Crippen molar-refractivity contribution in [1.29, 1.82) is 0 Å². The summed E-state index contributed by atoms with van der Waals surface area (Å²) in [7, 11) is 0. The molecule has 0 aliphatic carbocycles. The molecular weight excluding hydrogens is 362 g/mol. The number of nitrogens with zero attached hydrogens (tertiary/aromatic N) is 2. The lowest BCUT2D eigenvalue weighted by atomic mass is 10.1. The van der Waals surface area contributed by atoms with E-state index >= 15 is 0 Å². The van der Waals surface area contributed by atoms with E-state index in [9.17, 15) is 13.6 Å². The molecule has 138 valence electrons. The molecule has 5 nitrogen and oxygen atoms in total. The molecule has 0 spiro atoms. The average Bonchev–Trinajstić information content (AvgIpc) is 3.18. The number of H-pyrrole nitrogens is 1. The lowest BCUT2D eigenvalue weighted by Crippen LogP contribution is -2.13. The van der Waals surface area contributed by atoms with Crippen LogP contribution in [0.4, 0.5) is 14.5 Å². The van der Waals surface area contributed by atoms with Gasteiger partial charge in [-0.3, -0.25) is 9.89 Å². The van der Waals surface area contributed by atoms with Gasteiger partial charge in [0.05, 0.1) is 5.69 Å². The number of carbonyl (C=O) groups is 1. The van der Waals surface area contributed by atoms with Crippen molar-refractivity contribution < 1.29 is 13.6 Å². The van der Waals surface area contributed by atoms with Crippen molar-refractivity contribution in [3.05, 3.63) is 90.0 Å². The molecule has 0 aliphatic rings. The van der Waals surface area contributed by atoms with Gasteiger partial charge in [-0.05, 0) is 24.3 Å². The predicted octanol–water partition coefficient (Wildman–Crippen LogP) is 4.67. The summed E-state index contributed by atoms with van der Waals surface area (Å²) in [6, 6.07) is 19.1. The van der Waals surface area contributed by atoms with Crippen LogP contribution in [0.1, 0.15) is 10.4 Å². The van der Waals surface area contributed by atoms with Crippen LogP contribution in [0.2, 0.25) is 0 Å². The van der Waals surface area contributed by atoms with E-state index in [0.717, 1.165) is 17.7 Å². The molecule has 7 heteroatoms. The molecule has 0 fully saturated rings. The Bertz CT molecular complexity index is 1120. The maximum atomic E-state index is 13.4. The van der Waals surface area contributed by atoms with E-state index in [1.165, 1.54) is 0 Å². The number of anilines is 1. The monoisotopic (exact) mass is 376 g/mol. The number of rotatable bonds is 4. The fourth-order valence-corrected chi connectivity index (χ4v) is 2.78. The Labute approximate surface area is 159 Å². The number of benzene rings is 3. The molecule has 4 aromatic rings. The van der Waals surface area contributed by atoms with E-state index < -0.39 is 17.5 Å². The Morgan fingerprint density at radius 2 is 1.57 bits per heavy atom. The third-order valence-corrected chi connectivity index (χ3v) is 4.07. The lowest BCUT2D eigenvalue weighted by molar-refractivity contribution is 0.102. The van der Waals surface area contributed by atoms with Crippen LogP contribution in [-0.2, 0) is 0 Å². The first kappa shape index (κ1) is 17.5. The van der Waals surface area contributed by atoms with E-state index in [0.29, 0.717) is 29.0 Å².